The number of hydrogen-bond acceptors (Lipinski definition) is 3. The van der Waals surface area contributed by atoms with Crippen LogP contribution >= 0.6 is 0 Å². The van der Waals surface area contributed by atoms with Crippen LogP contribution in [-0.2, 0) is 9.59 Å². The molecule has 20 heavy (non-hydrogen) atoms. The number of alkyl halides is 3. The molecule has 0 aliphatic heterocycles. The van der Waals surface area contributed by atoms with Crippen molar-refractivity contribution in [1.29, 1.82) is 0 Å². The topological polar surface area (TPSA) is 113 Å². The highest BCUT2D eigenvalue weighted by molar-refractivity contribution is 5.85. The Kier molecular flexibility index (Phi) is 7.40. The van der Waals surface area contributed by atoms with Gasteiger partial charge in [-0.25, -0.2) is 4.79 Å². The quantitative estimate of drug-likeness (QED) is 0.559. The van der Waals surface area contributed by atoms with Crippen molar-refractivity contribution in [2.24, 2.45) is 5.73 Å². The molecule has 0 aromatic heterocycles. The van der Waals surface area contributed by atoms with Gasteiger partial charge in [0.2, 0.25) is 5.91 Å². The van der Waals surface area contributed by atoms with E-state index in [2.05, 4.69) is 5.32 Å². The number of hydrogen-bond donors (Lipinski definition) is 3. The lowest BCUT2D eigenvalue weighted by molar-refractivity contribution is -0.138. The number of urea groups is 1. The molecule has 0 rings (SSSR count). The number of rotatable bonds is 8. The van der Waals surface area contributed by atoms with Gasteiger partial charge in [-0.2, -0.15) is 13.2 Å². The Bertz CT molecular complexity index is 344. The van der Waals surface area contributed by atoms with Crippen molar-refractivity contribution in [3.63, 3.8) is 0 Å². The summed E-state index contributed by atoms with van der Waals surface area (Å²) in [6, 6.07) is -0.863. The number of primary amides is 1. The molecule has 0 spiro atoms. The number of carbonyl (C=O) groups is 3. The number of carboxylic acids is 1. The van der Waals surface area contributed by atoms with Gasteiger partial charge in [-0.15, -0.1) is 0 Å². The van der Waals surface area contributed by atoms with E-state index in [9.17, 15) is 27.6 Å². The van der Waals surface area contributed by atoms with Crippen LogP contribution in [0, 0.1) is 0 Å². The molecule has 0 saturated heterocycles. The highest BCUT2D eigenvalue weighted by Gasteiger charge is 2.26. The van der Waals surface area contributed by atoms with Crippen molar-refractivity contribution in [1.82, 2.24) is 10.2 Å². The lowest BCUT2D eigenvalue weighted by Gasteiger charge is -2.19. The number of nitrogens with two attached hydrogens (primary N) is 1. The van der Waals surface area contributed by atoms with E-state index in [0.29, 0.717) is 4.90 Å². The van der Waals surface area contributed by atoms with E-state index in [1.165, 1.54) is 0 Å². The van der Waals surface area contributed by atoms with Gasteiger partial charge in [0.05, 0.1) is 0 Å². The van der Waals surface area contributed by atoms with E-state index in [4.69, 9.17) is 10.8 Å². The van der Waals surface area contributed by atoms with Gasteiger partial charge in [-0.05, 0) is 12.8 Å². The van der Waals surface area contributed by atoms with Crippen LogP contribution in [0.15, 0.2) is 0 Å². The van der Waals surface area contributed by atoms with Gasteiger partial charge in [0.25, 0.3) is 0 Å². The van der Waals surface area contributed by atoms with Crippen LogP contribution in [0.5, 0.6) is 0 Å². The van der Waals surface area contributed by atoms with E-state index in [1.54, 1.807) is 0 Å². The predicted molar refractivity (Wildman–Crippen MR) is 61.7 cm³/mol. The van der Waals surface area contributed by atoms with Gasteiger partial charge in [0, 0.05) is 13.0 Å². The third-order valence-electron chi connectivity index (χ3n) is 2.12. The summed E-state index contributed by atoms with van der Waals surface area (Å²) in [6.07, 6.45) is -5.27. The predicted octanol–water partition coefficient (Wildman–Crippen LogP) is 0.300. The van der Waals surface area contributed by atoms with Crippen molar-refractivity contribution in [2.45, 2.75) is 25.4 Å². The standard InChI is InChI=1S/C10H16F3N3O4/c11-10(12,13)3-1-2-4-15-9(20)16(5-7(14)17)6-8(18)19/h1-6H2,(H2,14,17)(H,15,20)(H,18,19). The maximum Gasteiger partial charge on any atom is 0.389 e. The van der Waals surface area contributed by atoms with Crippen molar-refractivity contribution in [3.8, 4) is 0 Å². The lowest BCUT2D eigenvalue weighted by Crippen LogP contribution is -2.46. The minimum absolute atomic E-state index is 0.0518. The first-order chi connectivity index (χ1) is 9.11. The van der Waals surface area contributed by atoms with Crippen molar-refractivity contribution < 1.29 is 32.7 Å². The minimum Gasteiger partial charge on any atom is -0.480 e. The Labute approximate surface area is 112 Å². The van der Waals surface area contributed by atoms with E-state index >= 15 is 0 Å². The van der Waals surface area contributed by atoms with Crippen LogP contribution in [0.25, 0.3) is 0 Å². The van der Waals surface area contributed by atoms with Gasteiger partial charge in [-0.1, -0.05) is 0 Å². The molecular weight excluding hydrogens is 283 g/mol. The molecule has 4 N–H and O–H groups in total. The fourth-order valence-corrected chi connectivity index (χ4v) is 1.31. The van der Waals surface area contributed by atoms with Crippen LogP contribution in [0.3, 0.4) is 0 Å². The Hall–Kier alpha value is -2.00. The van der Waals surface area contributed by atoms with Crippen LogP contribution in [0.4, 0.5) is 18.0 Å². The first-order valence-electron chi connectivity index (χ1n) is 5.71. The molecule has 0 saturated carbocycles. The Balaban J connectivity index is 4.07. The molecule has 0 aromatic carbocycles. The molecule has 0 fully saturated rings. The van der Waals surface area contributed by atoms with E-state index in [0.717, 1.165) is 0 Å². The van der Waals surface area contributed by atoms with E-state index in [1.807, 2.05) is 0 Å². The van der Waals surface area contributed by atoms with Crippen LogP contribution in [-0.4, -0.2) is 53.7 Å². The fourth-order valence-electron chi connectivity index (χ4n) is 1.31. The molecule has 10 heteroatoms. The largest absolute Gasteiger partial charge is 0.480 e. The monoisotopic (exact) mass is 299 g/mol. The molecule has 0 aliphatic rings. The maximum atomic E-state index is 11.8. The average molecular weight is 299 g/mol. The average Bonchev–Trinajstić information content (AvgIpc) is 2.24. The van der Waals surface area contributed by atoms with E-state index in [-0.39, 0.29) is 19.4 Å². The fraction of sp³-hybridized carbons (Fsp3) is 0.700. The second-order valence-corrected chi connectivity index (χ2v) is 4.02. The van der Waals surface area contributed by atoms with Crippen LogP contribution < -0.4 is 11.1 Å². The summed E-state index contributed by atoms with van der Waals surface area (Å²) in [4.78, 5) is 33.3. The molecule has 0 radical (unpaired) electrons. The first kappa shape index (κ1) is 18.0. The molecule has 7 nitrogen and oxygen atoms in total. The highest BCUT2D eigenvalue weighted by Crippen LogP contribution is 2.21. The molecule has 0 aromatic rings. The number of unbranched alkanes of at least 4 members (excludes halogenated alkanes) is 1. The number of amides is 3. The molecule has 116 valence electrons. The van der Waals surface area contributed by atoms with Crippen LogP contribution in [0.1, 0.15) is 19.3 Å². The summed E-state index contributed by atoms with van der Waals surface area (Å²) in [5.41, 5.74) is 4.85. The Morgan fingerprint density at radius 1 is 1.15 bits per heavy atom. The second-order valence-electron chi connectivity index (χ2n) is 4.02. The Morgan fingerprint density at radius 2 is 1.75 bits per heavy atom. The van der Waals surface area contributed by atoms with Crippen molar-refractivity contribution in [3.05, 3.63) is 0 Å². The second kappa shape index (κ2) is 8.23. The third-order valence-corrected chi connectivity index (χ3v) is 2.12. The number of carboxylic acid groups (broad SMARTS) is 1. The zero-order valence-electron chi connectivity index (χ0n) is 10.6. The third kappa shape index (κ3) is 9.97. The zero-order chi connectivity index (χ0) is 15.8. The van der Waals surface area contributed by atoms with Gasteiger partial charge in [0.15, 0.2) is 0 Å². The maximum absolute atomic E-state index is 11.8. The number of carbonyl (C=O) groups excluding carboxylic acids is 2. The van der Waals surface area contributed by atoms with Crippen LogP contribution in [0.2, 0.25) is 0 Å². The highest BCUT2D eigenvalue weighted by atomic mass is 19.4. The molecule has 0 bridgehead atoms. The van der Waals surface area contributed by atoms with Gasteiger partial charge >= 0.3 is 18.2 Å². The molecule has 3 amide bonds. The van der Waals surface area contributed by atoms with Gasteiger partial charge < -0.3 is 21.1 Å². The SMILES string of the molecule is NC(=O)CN(CC(=O)O)C(=O)NCCCCC(F)(F)F. The summed E-state index contributed by atoms with van der Waals surface area (Å²) >= 11 is 0. The van der Waals surface area contributed by atoms with Crippen molar-refractivity contribution in [2.75, 3.05) is 19.6 Å². The van der Waals surface area contributed by atoms with Gasteiger partial charge in [0.1, 0.15) is 13.1 Å². The summed E-state index contributed by atoms with van der Waals surface area (Å²) in [5, 5.41) is 10.8. The van der Waals surface area contributed by atoms with E-state index < -0.39 is 43.6 Å². The Morgan fingerprint density at radius 3 is 2.20 bits per heavy atom. The summed E-state index contributed by atoms with van der Waals surface area (Å²) in [6.45, 7) is -1.36. The molecule has 0 atom stereocenters. The minimum atomic E-state index is -4.24. The zero-order valence-corrected chi connectivity index (χ0v) is 10.6. The number of nitrogens with one attached hydrogen (secondary N) is 1. The lowest BCUT2D eigenvalue weighted by atomic mass is 10.2. The molecule has 0 unspecified atom stereocenters. The normalized spacial score (nSPS) is 10.9. The smallest absolute Gasteiger partial charge is 0.389 e. The van der Waals surface area contributed by atoms with Gasteiger partial charge in [-0.3, -0.25) is 9.59 Å². The number of nitrogens with zero attached hydrogens (tertiary/aromatic N) is 1. The number of aliphatic carboxylic acids is 1. The summed E-state index contributed by atoms with van der Waals surface area (Å²) in [5.74, 6) is -2.23. The summed E-state index contributed by atoms with van der Waals surface area (Å²) in [7, 11) is 0. The first-order valence-corrected chi connectivity index (χ1v) is 5.71. The van der Waals surface area contributed by atoms with Crippen molar-refractivity contribution >= 4 is 17.9 Å². The molecule has 0 heterocycles. The summed E-state index contributed by atoms with van der Waals surface area (Å²) < 4.78 is 35.5. The molecule has 0 aliphatic carbocycles. The molecular formula is C10H16F3N3O4. The number of halogens is 3.